The largest absolute Gasteiger partial charge is 0.490 e. The molecule has 0 amide bonds. The van der Waals surface area contributed by atoms with Crippen molar-refractivity contribution in [1.82, 2.24) is 9.55 Å². The van der Waals surface area contributed by atoms with Gasteiger partial charge in [-0.2, -0.15) is 0 Å². The van der Waals surface area contributed by atoms with E-state index in [2.05, 4.69) is 4.98 Å². The van der Waals surface area contributed by atoms with E-state index < -0.39 is 36.7 Å². The number of nitrogens with one attached hydrogen (secondary N) is 1. The van der Waals surface area contributed by atoms with Crippen molar-refractivity contribution in [3.63, 3.8) is 0 Å². The third-order valence-electron chi connectivity index (χ3n) is 2.95. The summed E-state index contributed by atoms with van der Waals surface area (Å²) in [7, 11) is 1.31. The Balaban J connectivity index is 2.43. The van der Waals surface area contributed by atoms with Crippen molar-refractivity contribution in [3.05, 3.63) is 21.3 Å². The molecule has 1 aromatic heterocycles. The molecule has 0 aliphatic carbocycles. The van der Waals surface area contributed by atoms with Crippen LogP contribution in [0.2, 0.25) is 0 Å². The zero-order valence-corrected chi connectivity index (χ0v) is 10.8. The van der Waals surface area contributed by atoms with Gasteiger partial charge in [0.15, 0.2) is 11.0 Å². The number of aromatic nitrogens is 2. The molecule has 1 fully saturated rings. The molecule has 1 aromatic rings. The Hall–Kier alpha value is -1.26. The topological polar surface area (TPSA) is 117 Å². The van der Waals surface area contributed by atoms with E-state index in [1.165, 1.54) is 17.9 Å². The smallest absolute Gasteiger partial charge is 0.294 e. The van der Waals surface area contributed by atoms with Crippen molar-refractivity contribution >= 4 is 12.2 Å². The summed E-state index contributed by atoms with van der Waals surface area (Å²) < 4.78 is 11.4. The number of aromatic amines is 1. The Bertz CT molecular complexity index is 570. The molecule has 106 valence electrons. The highest BCUT2D eigenvalue weighted by atomic mass is 32.1. The second-order valence-electron chi connectivity index (χ2n) is 4.09. The van der Waals surface area contributed by atoms with E-state index in [9.17, 15) is 15.0 Å². The van der Waals surface area contributed by atoms with Gasteiger partial charge in [0.2, 0.25) is 5.75 Å². The van der Waals surface area contributed by atoms with Crippen LogP contribution in [-0.2, 0) is 4.74 Å². The molecule has 0 aromatic carbocycles. The maximum atomic E-state index is 11.5. The number of hydrogen-bond donors (Lipinski definition) is 4. The first-order valence-corrected chi connectivity index (χ1v) is 5.92. The van der Waals surface area contributed by atoms with Gasteiger partial charge in [-0.15, -0.1) is 0 Å². The van der Waals surface area contributed by atoms with E-state index >= 15 is 0 Å². The molecule has 8 nitrogen and oxygen atoms in total. The molecule has 0 saturated carbocycles. The van der Waals surface area contributed by atoms with Crippen LogP contribution >= 0.6 is 12.2 Å². The third kappa shape index (κ3) is 2.42. The van der Waals surface area contributed by atoms with Gasteiger partial charge in [0.05, 0.1) is 19.9 Å². The highest BCUT2D eigenvalue weighted by Gasteiger charge is 2.43. The lowest BCUT2D eigenvalue weighted by atomic mass is 10.1. The van der Waals surface area contributed by atoms with Crippen LogP contribution in [-0.4, -0.2) is 56.9 Å². The lowest BCUT2D eigenvalue weighted by Crippen LogP contribution is -2.33. The minimum Gasteiger partial charge on any atom is -0.490 e. The number of ether oxygens (including phenoxy) is 2. The Kier molecular flexibility index (Phi) is 4.02. The number of nitrogens with zero attached hydrogens (tertiary/aromatic N) is 1. The summed E-state index contributed by atoms with van der Waals surface area (Å²) in [5.74, 6) is -0.00802. The molecule has 4 N–H and O–H groups in total. The van der Waals surface area contributed by atoms with Crippen LogP contribution in [0.4, 0.5) is 0 Å². The van der Waals surface area contributed by atoms with Crippen molar-refractivity contribution in [1.29, 1.82) is 0 Å². The molecule has 2 heterocycles. The molecule has 1 aliphatic heterocycles. The van der Waals surface area contributed by atoms with Gasteiger partial charge < -0.3 is 24.8 Å². The zero-order chi connectivity index (χ0) is 14.2. The van der Waals surface area contributed by atoms with Gasteiger partial charge in [-0.3, -0.25) is 14.3 Å². The SMILES string of the molecule is COc1cn([C@@H]2O[C@H](CO)C(O)[C@@H]2O)c(=S)[nH]c1=O. The van der Waals surface area contributed by atoms with E-state index in [0.29, 0.717) is 0 Å². The summed E-state index contributed by atoms with van der Waals surface area (Å²) in [5, 5.41) is 28.6. The summed E-state index contributed by atoms with van der Waals surface area (Å²) in [6.45, 7) is -0.442. The fourth-order valence-corrected chi connectivity index (χ4v) is 2.16. The quantitative estimate of drug-likeness (QED) is 0.502. The molecule has 1 unspecified atom stereocenters. The molecule has 0 spiro atoms. The molecule has 19 heavy (non-hydrogen) atoms. The zero-order valence-electron chi connectivity index (χ0n) is 10.0. The number of rotatable bonds is 3. The predicted molar refractivity (Wildman–Crippen MR) is 65.4 cm³/mol. The van der Waals surface area contributed by atoms with E-state index in [0.717, 1.165) is 0 Å². The van der Waals surface area contributed by atoms with E-state index in [1.807, 2.05) is 0 Å². The summed E-state index contributed by atoms with van der Waals surface area (Å²) >= 11 is 4.97. The van der Waals surface area contributed by atoms with Gasteiger partial charge in [-0.05, 0) is 12.2 Å². The van der Waals surface area contributed by atoms with Gasteiger partial charge in [0, 0.05) is 0 Å². The molecular formula is C10H14N2O6S. The van der Waals surface area contributed by atoms with Crippen molar-refractivity contribution in [2.45, 2.75) is 24.5 Å². The van der Waals surface area contributed by atoms with Crippen LogP contribution in [0.1, 0.15) is 6.23 Å². The van der Waals surface area contributed by atoms with Crippen LogP contribution in [0.25, 0.3) is 0 Å². The Morgan fingerprint density at radius 2 is 2.21 bits per heavy atom. The number of aliphatic hydroxyl groups is 3. The number of hydrogen-bond acceptors (Lipinski definition) is 7. The highest BCUT2D eigenvalue weighted by molar-refractivity contribution is 7.71. The van der Waals surface area contributed by atoms with Gasteiger partial charge in [-0.25, -0.2) is 0 Å². The average molecular weight is 290 g/mol. The van der Waals surface area contributed by atoms with E-state index in [4.69, 9.17) is 26.8 Å². The van der Waals surface area contributed by atoms with Crippen LogP contribution < -0.4 is 10.3 Å². The molecule has 0 bridgehead atoms. The minimum absolute atomic E-state index is 0.00802. The first-order valence-electron chi connectivity index (χ1n) is 5.51. The van der Waals surface area contributed by atoms with Crippen LogP contribution in [0.3, 0.4) is 0 Å². The number of H-pyrrole nitrogens is 1. The van der Waals surface area contributed by atoms with Crippen LogP contribution in [0, 0.1) is 4.77 Å². The maximum absolute atomic E-state index is 11.5. The first-order chi connectivity index (χ1) is 8.99. The van der Waals surface area contributed by atoms with Gasteiger partial charge in [-0.1, -0.05) is 0 Å². The highest BCUT2D eigenvalue weighted by Crippen LogP contribution is 2.29. The fourth-order valence-electron chi connectivity index (χ4n) is 1.91. The molecule has 0 radical (unpaired) electrons. The van der Waals surface area contributed by atoms with Gasteiger partial charge in [0.25, 0.3) is 5.56 Å². The Labute approximate surface area is 112 Å². The maximum Gasteiger partial charge on any atom is 0.294 e. The van der Waals surface area contributed by atoms with Crippen LogP contribution in [0.5, 0.6) is 5.75 Å². The van der Waals surface area contributed by atoms with Crippen LogP contribution in [0.15, 0.2) is 11.0 Å². The fraction of sp³-hybridized carbons (Fsp3) is 0.600. The predicted octanol–water partition coefficient (Wildman–Crippen LogP) is -1.47. The van der Waals surface area contributed by atoms with Gasteiger partial charge in [0.1, 0.15) is 18.3 Å². The Morgan fingerprint density at radius 3 is 2.74 bits per heavy atom. The Morgan fingerprint density at radius 1 is 1.53 bits per heavy atom. The number of methoxy groups -OCH3 is 1. The van der Waals surface area contributed by atoms with Gasteiger partial charge >= 0.3 is 0 Å². The summed E-state index contributed by atoms with van der Waals surface area (Å²) in [6.07, 6.45) is -3.17. The second-order valence-corrected chi connectivity index (χ2v) is 4.48. The lowest BCUT2D eigenvalue weighted by molar-refractivity contribution is -0.0543. The molecule has 1 aliphatic rings. The second kappa shape index (κ2) is 5.39. The lowest BCUT2D eigenvalue weighted by Gasteiger charge is -2.18. The minimum atomic E-state index is -1.28. The van der Waals surface area contributed by atoms with Crippen molar-refractivity contribution in [3.8, 4) is 5.75 Å². The molecule has 4 atom stereocenters. The number of aliphatic hydroxyl groups excluding tert-OH is 3. The summed E-state index contributed by atoms with van der Waals surface area (Å²) in [4.78, 5) is 13.8. The normalized spacial score (nSPS) is 30.5. The first kappa shape index (κ1) is 14.2. The molecular weight excluding hydrogens is 276 g/mol. The molecule has 9 heteroatoms. The van der Waals surface area contributed by atoms with Crippen molar-refractivity contribution in [2.24, 2.45) is 0 Å². The van der Waals surface area contributed by atoms with Crippen molar-refractivity contribution < 1.29 is 24.8 Å². The molecule has 1 saturated heterocycles. The third-order valence-corrected chi connectivity index (χ3v) is 3.26. The standard InChI is InChI=1S/C10H14N2O6S/c1-17-4-2-12(10(19)11-8(4)16)9-7(15)6(14)5(3-13)18-9/h2,5-7,9,13-15H,3H2,1H3,(H,11,16,19)/t5-,6?,7+,9-/m1/s1. The summed E-state index contributed by atoms with van der Waals surface area (Å²) in [6, 6.07) is 0. The molecule has 2 rings (SSSR count). The van der Waals surface area contributed by atoms with Crippen molar-refractivity contribution in [2.75, 3.05) is 13.7 Å². The monoisotopic (exact) mass is 290 g/mol. The van der Waals surface area contributed by atoms with E-state index in [1.54, 1.807) is 0 Å². The van der Waals surface area contributed by atoms with E-state index in [-0.39, 0.29) is 10.5 Å². The summed E-state index contributed by atoms with van der Waals surface area (Å²) in [5.41, 5.74) is -0.504. The average Bonchev–Trinajstić information content (AvgIpc) is 2.67.